The van der Waals surface area contributed by atoms with Crippen molar-refractivity contribution in [2.45, 2.75) is 19.1 Å². The molecule has 0 unspecified atom stereocenters. The summed E-state index contributed by atoms with van der Waals surface area (Å²) in [5.74, 6) is -0.963. The Kier molecular flexibility index (Phi) is 5.15. The predicted octanol–water partition coefficient (Wildman–Crippen LogP) is 1.81. The zero-order valence-electron chi connectivity index (χ0n) is 11.3. The second-order valence-electron chi connectivity index (χ2n) is 4.36. The maximum absolute atomic E-state index is 12.6. The molecule has 0 bridgehead atoms. The molecule has 22 heavy (non-hydrogen) atoms. The lowest BCUT2D eigenvalue weighted by Crippen LogP contribution is -2.25. The lowest BCUT2D eigenvalue weighted by Gasteiger charge is -2.08. The first-order valence-electron chi connectivity index (χ1n) is 5.91. The number of carboxylic acid groups (broad SMARTS) is 1. The van der Waals surface area contributed by atoms with E-state index in [9.17, 15) is 22.8 Å². The number of carbonyl (C=O) groups is 1. The van der Waals surface area contributed by atoms with Gasteiger partial charge in [-0.25, -0.2) is 4.79 Å². The van der Waals surface area contributed by atoms with E-state index in [0.717, 1.165) is 0 Å². The minimum absolute atomic E-state index is 0.167. The van der Waals surface area contributed by atoms with Gasteiger partial charge in [-0.05, 0) is 19.1 Å². The number of alkyl halides is 3. The van der Waals surface area contributed by atoms with E-state index in [1.54, 1.807) is 0 Å². The van der Waals surface area contributed by atoms with Crippen LogP contribution in [0, 0.1) is 0 Å². The molecule has 9 heteroatoms. The molecule has 0 aliphatic rings. The fourth-order valence-corrected chi connectivity index (χ4v) is 1.41. The van der Waals surface area contributed by atoms with Crippen molar-refractivity contribution in [2.75, 3.05) is 5.73 Å². The highest BCUT2D eigenvalue weighted by atomic mass is 19.4. The van der Waals surface area contributed by atoms with Gasteiger partial charge in [0.2, 0.25) is 0 Å². The molecule has 6 nitrogen and oxygen atoms in total. The van der Waals surface area contributed by atoms with Crippen LogP contribution in [0.15, 0.2) is 33.5 Å². The summed E-state index contributed by atoms with van der Waals surface area (Å²) >= 11 is 0. The maximum Gasteiger partial charge on any atom is 0.417 e. The highest BCUT2D eigenvalue weighted by Crippen LogP contribution is 2.34. The summed E-state index contributed by atoms with van der Waals surface area (Å²) in [4.78, 5) is 20.5. The Morgan fingerprint density at radius 3 is 2.32 bits per heavy atom. The lowest BCUT2D eigenvalue weighted by molar-refractivity contribution is -0.138. The van der Waals surface area contributed by atoms with Crippen molar-refractivity contribution in [1.29, 1.82) is 0 Å². The van der Waals surface area contributed by atoms with Crippen LogP contribution in [0.5, 0.6) is 0 Å². The van der Waals surface area contributed by atoms with E-state index in [-0.39, 0.29) is 16.7 Å². The molecule has 0 fully saturated rings. The number of halogens is 3. The Morgan fingerprint density at radius 2 is 1.86 bits per heavy atom. The summed E-state index contributed by atoms with van der Waals surface area (Å²) in [6.07, 6.45) is -4.59. The molecule has 2 aromatic rings. The van der Waals surface area contributed by atoms with Gasteiger partial charge in [-0.15, -0.1) is 0 Å². The van der Waals surface area contributed by atoms with Crippen LogP contribution in [0.2, 0.25) is 0 Å². The zero-order valence-corrected chi connectivity index (χ0v) is 11.3. The molecular weight excluding hydrogens is 305 g/mol. The molecule has 0 radical (unpaired) electrons. The molecule has 1 heterocycles. The molecule has 1 aromatic carbocycles. The van der Waals surface area contributed by atoms with Crippen LogP contribution in [-0.2, 0) is 11.0 Å². The fraction of sp³-hybridized carbons (Fsp3) is 0.231. The Hall–Kier alpha value is -2.55. The normalized spacial score (nSPS) is 12.4. The SMILES string of the molecule is C[C@H](N)C(=O)O.Nc1ccc2c(C(F)(F)F)cc(=O)oc2c1. The van der Waals surface area contributed by atoms with Crippen molar-refractivity contribution in [3.8, 4) is 0 Å². The molecule has 0 amide bonds. The van der Waals surface area contributed by atoms with E-state index in [4.69, 9.17) is 16.6 Å². The van der Waals surface area contributed by atoms with Crippen LogP contribution in [0.25, 0.3) is 11.0 Å². The van der Waals surface area contributed by atoms with Gasteiger partial charge in [0.25, 0.3) is 0 Å². The minimum atomic E-state index is -4.59. The molecule has 0 saturated heterocycles. The third-order valence-electron chi connectivity index (χ3n) is 2.46. The van der Waals surface area contributed by atoms with Gasteiger partial charge in [0, 0.05) is 23.2 Å². The summed E-state index contributed by atoms with van der Waals surface area (Å²) in [6, 6.07) is 3.38. The third-order valence-corrected chi connectivity index (χ3v) is 2.46. The number of anilines is 1. The number of fused-ring (bicyclic) bond motifs is 1. The maximum atomic E-state index is 12.6. The molecular formula is C13H13F3N2O4. The first-order chi connectivity index (χ1) is 10.0. The largest absolute Gasteiger partial charge is 0.480 e. The minimum Gasteiger partial charge on any atom is -0.480 e. The molecule has 1 atom stereocenters. The summed E-state index contributed by atoms with van der Waals surface area (Å²) in [5.41, 5.74) is 8.22. The Bertz CT molecular complexity index is 738. The molecule has 120 valence electrons. The Morgan fingerprint density at radius 1 is 1.32 bits per heavy atom. The highest BCUT2D eigenvalue weighted by molar-refractivity contribution is 5.83. The first-order valence-corrected chi connectivity index (χ1v) is 5.91. The summed E-state index contributed by atoms with van der Waals surface area (Å²) in [7, 11) is 0. The second kappa shape index (κ2) is 6.48. The van der Waals surface area contributed by atoms with Crippen molar-refractivity contribution >= 4 is 22.6 Å². The second-order valence-corrected chi connectivity index (χ2v) is 4.36. The molecule has 1 aromatic heterocycles. The number of carboxylic acids is 1. The summed E-state index contributed by atoms with van der Waals surface area (Å²) in [6.45, 7) is 1.42. The number of hydrogen-bond acceptors (Lipinski definition) is 5. The van der Waals surface area contributed by atoms with Gasteiger partial charge in [0.15, 0.2) is 0 Å². The monoisotopic (exact) mass is 318 g/mol. The van der Waals surface area contributed by atoms with Crippen molar-refractivity contribution in [1.82, 2.24) is 0 Å². The topological polar surface area (TPSA) is 120 Å². The van der Waals surface area contributed by atoms with E-state index in [1.165, 1.54) is 25.1 Å². The Balaban J connectivity index is 0.000000346. The summed E-state index contributed by atoms with van der Waals surface area (Å²) in [5, 5.41) is 7.69. The van der Waals surface area contributed by atoms with Crippen molar-refractivity contribution in [3.63, 3.8) is 0 Å². The van der Waals surface area contributed by atoms with Crippen molar-refractivity contribution in [3.05, 3.63) is 40.2 Å². The van der Waals surface area contributed by atoms with Gasteiger partial charge in [-0.2, -0.15) is 13.2 Å². The number of benzene rings is 1. The molecule has 0 spiro atoms. The van der Waals surface area contributed by atoms with Crippen LogP contribution in [0.4, 0.5) is 18.9 Å². The third kappa shape index (κ3) is 4.48. The standard InChI is InChI=1S/C10H6F3NO2.C3H7NO2/c11-10(12,13)7-4-9(15)16-8-3-5(14)1-2-6(7)8;1-2(4)3(5)6/h1-4H,14H2;2H,4H2,1H3,(H,5,6)/t;2-/m.0/s1. The van der Waals surface area contributed by atoms with E-state index >= 15 is 0 Å². The molecule has 5 N–H and O–H groups in total. The number of hydrogen-bond donors (Lipinski definition) is 3. The van der Waals surface area contributed by atoms with Gasteiger partial charge in [0.05, 0.1) is 5.56 Å². The van der Waals surface area contributed by atoms with Crippen molar-refractivity contribution < 1.29 is 27.5 Å². The predicted molar refractivity (Wildman–Crippen MR) is 73.2 cm³/mol. The number of nitrogen functional groups attached to an aromatic ring is 1. The number of rotatable bonds is 1. The average molecular weight is 318 g/mol. The fourth-order valence-electron chi connectivity index (χ4n) is 1.41. The van der Waals surface area contributed by atoms with Crippen molar-refractivity contribution in [2.24, 2.45) is 5.73 Å². The van der Waals surface area contributed by atoms with E-state index in [0.29, 0.717) is 6.07 Å². The number of aliphatic carboxylic acids is 1. The van der Waals surface area contributed by atoms with Gasteiger partial charge in [-0.3, -0.25) is 4.79 Å². The van der Waals surface area contributed by atoms with Gasteiger partial charge < -0.3 is 21.0 Å². The zero-order chi connectivity index (χ0) is 17.1. The highest BCUT2D eigenvalue weighted by Gasteiger charge is 2.33. The van der Waals surface area contributed by atoms with Gasteiger partial charge >= 0.3 is 17.8 Å². The molecule has 0 saturated carbocycles. The van der Waals surface area contributed by atoms with Crippen LogP contribution in [0.1, 0.15) is 12.5 Å². The van der Waals surface area contributed by atoms with Crippen LogP contribution in [-0.4, -0.2) is 17.1 Å². The van der Waals surface area contributed by atoms with Crippen LogP contribution < -0.4 is 17.1 Å². The van der Waals surface area contributed by atoms with E-state index < -0.39 is 29.4 Å². The summed E-state index contributed by atoms with van der Waals surface area (Å²) < 4.78 is 42.4. The van der Waals surface area contributed by atoms with Crippen LogP contribution in [0.3, 0.4) is 0 Å². The number of nitrogens with two attached hydrogens (primary N) is 2. The molecule has 0 aliphatic carbocycles. The van der Waals surface area contributed by atoms with Gasteiger partial charge in [-0.1, -0.05) is 0 Å². The first kappa shape index (κ1) is 17.5. The quantitative estimate of drug-likeness (QED) is 0.545. The lowest BCUT2D eigenvalue weighted by atomic mass is 10.1. The average Bonchev–Trinajstić information content (AvgIpc) is 2.36. The van der Waals surface area contributed by atoms with E-state index in [2.05, 4.69) is 4.42 Å². The smallest absolute Gasteiger partial charge is 0.417 e. The van der Waals surface area contributed by atoms with Crippen LogP contribution >= 0.6 is 0 Å². The molecule has 0 aliphatic heterocycles. The van der Waals surface area contributed by atoms with Gasteiger partial charge in [0.1, 0.15) is 11.6 Å². The molecule has 2 rings (SSSR count). The van der Waals surface area contributed by atoms with E-state index in [1.807, 2.05) is 0 Å². The Labute approximate surface area is 122 Å².